The average molecular weight is 381 g/mol. The van der Waals surface area contributed by atoms with Crippen molar-refractivity contribution < 1.29 is 9.84 Å². The van der Waals surface area contributed by atoms with E-state index in [1.54, 1.807) is 19.9 Å². The Morgan fingerprint density at radius 2 is 1.93 bits per heavy atom. The number of rotatable bonds is 6. The van der Waals surface area contributed by atoms with Crippen LogP contribution < -0.4 is 22.5 Å². The van der Waals surface area contributed by atoms with Crippen LogP contribution in [0.25, 0.3) is 0 Å². The van der Waals surface area contributed by atoms with Crippen molar-refractivity contribution in [1.29, 1.82) is 5.41 Å². The normalized spacial score (nSPS) is 27.1. The molecule has 1 heterocycles. The Balaban J connectivity index is 2.15. The van der Waals surface area contributed by atoms with E-state index in [1.165, 1.54) is 19.3 Å². The van der Waals surface area contributed by atoms with E-state index in [0.717, 1.165) is 19.3 Å². The minimum absolute atomic E-state index is 0.0127. The van der Waals surface area contributed by atoms with E-state index in [4.69, 9.17) is 27.3 Å². The van der Waals surface area contributed by atoms with Crippen molar-refractivity contribution >= 4 is 5.84 Å². The zero-order valence-electron chi connectivity index (χ0n) is 16.6. The van der Waals surface area contributed by atoms with E-state index in [-0.39, 0.29) is 24.1 Å². The molecule has 2 fully saturated rings. The third kappa shape index (κ3) is 6.41. The maximum atomic E-state index is 9.54. The summed E-state index contributed by atoms with van der Waals surface area (Å²) in [6, 6.07) is -0.0127. The molecule has 0 amide bonds. The van der Waals surface area contributed by atoms with Gasteiger partial charge in [0, 0.05) is 24.8 Å². The molecule has 0 bridgehead atoms. The van der Waals surface area contributed by atoms with E-state index in [0.29, 0.717) is 30.2 Å². The lowest BCUT2D eigenvalue weighted by molar-refractivity contribution is -0.0649. The lowest BCUT2D eigenvalue weighted by Gasteiger charge is -2.40. The lowest BCUT2D eigenvalue weighted by Crippen LogP contribution is -2.53. The van der Waals surface area contributed by atoms with E-state index < -0.39 is 6.23 Å². The monoisotopic (exact) mass is 380 g/mol. The van der Waals surface area contributed by atoms with Gasteiger partial charge in [-0.2, -0.15) is 0 Å². The van der Waals surface area contributed by atoms with Crippen molar-refractivity contribution in [1.82, 2.24) is 10.2 Å². The van der Waals surface area contributed by atoms with Gasteiger partial charge in [0.1, 0.15) is 17.9 Å². The molecule has 3 atom stereocenters. The quantitative estimate of drug-likeness (QED) is 0.172. The van der Waals surface area contributed by atoms with Gasteiger partial charge < -0.3 is 37.3 Å². The number of nitrogens with zero attached hydrogens (tertiary/aromatic N) is 1. The lowest BCUT2D eigenvalue weighted by atomic mass is 9.96. The Labute approximate surface area is 162 Å². The minimum atomic E-state index is -0.857. The highest BCUT2D eigenvalue weighted by atomic mass is 16.5. The maximum absolute atomic E-state index is 9.54. The molecule has 1 saturated heterocycles. The molecule has 2 aliphatic rings. The number of hydrogen-bond acceptors (Lipinski definition) is 7. The topological polar surface area (TPSA) is 147 Å². The summed E-state index contributed by atoms with van der Waals surface area (Å²) in [6.45, 7) is 4.58. The number of nitrogens with one attached hydrogen (secondary N) is 2. The van der Waals surface area contributed by atoms with Crippen LogP contribution in [0.1, 0.15) is 52.4 Å². The van der Waals surface area contributed by atoms with Crippen LogP contribution in [-0.4, -0.2) is 53.4 Å². The van der Waals surface area contributed by atoms with Crippen LogP contribution in [-0.2, 0) is 4.74 Å². The molecule has 1 aliphatic heterocycles. The zero-order valence-corrected chi connectivity index (χ0v) is 16.6. The highest BCUT2D eigenvalue weighted by Gasteiger charge is 2.31. The average Bonchev–Trinajstić information content (AvgIpc) is 2.61. The molecular formula is C19H36N6O2. The second kappa shape index (κ2) is 9.96. The number of hydrogen-bond donors (Lipinski definition) is 6. The fourth-order valence-corrected chi connectivity index (χ4v) is 3.70. The van der Waals surface area contributed by atoms with Crippen molar-refractivity contribution in [2.75, 3.05) is 13.1 Å². The minimum Gasteiger partial charge on any atom is -0.402 e. The summed E-state index contributed by atoms with van der Waals surface area (Å²) in [5.41, 5.74) is 19.5. The number of nitrogens with two attached hydrogens (primary N) is 3. The third-order valence-electron chi connectivity index (χ3n) is 5.14. The summed E-state index contributed by atoms with van der Waals surface area (Å²) >= 11 is 0. The first-order valence-electron chi connectivity index (χ1n) is 9.91. The molecule has 154 valence electrons. The number of likely N-dealkylation sites (tertiary alicyclic amines) is 1. The van der Waals surface area contributed by atoms with Gasteiger partial charge in [0.2, 0.25) is 0 Å². The van der Waals surface area contributed by atoms with Crippen LogP contribution >= 0.6 is 0 Å². The van der Waals surface area contributed by atoms with E-state index in [9.17, 15) is 5.11 Å². The Morgan fingerprint density at radius 3 is 2.52 bits per heavy atom. The molecule has 0 aromatic rings. The van der Waals surface area contributed by atoms with Gasteiger partial charge in [-0.3, -0.25) is 5.41 Å². The van der Waals surface area contributed by atoms with Crippen molar-refractivity contribution in [2.24, 2.45) is 17.2 Å². The smallest absolute Gasteiger partial charge is 0.131 e. The fourth-order valence-electron chi connectivity index (χ4n) is 3.70. The first-order chi connectivity index (χ1) is 12.8. The van der Waals surface area contributed by atoms with Crippen molar-refractivity contribution in [2.45, 2.75) is 76.9 Å². The number of aliphatic hydroxyl groups excluding tert-OH is 1. The fraction of sp³-hybridized carbons (Fsp3) is 0.737. The van der Waals surface area contributed by atoms with E-state index in [1.807, 2.05) is 4.90 Å². The largest absolute Gasteiger partial charge is 0.402 e. The summed E-state index contributed by atoms with van der Waals surface area (Å²) in [6.07, 6.45) is 7.66. The molecule has 27 heavy (non-hydrogen) atoms. The number of ether oxygens (including phenoxy) is 1. The Hall–Kier alpha value is -1.77. The van der Waals surface area contributed by atoms with Crippen molar-refractivity contribution in [3.05, 3.63) is 23.2 Å². The van der Waals surface area contributed by atoms with Gasteiger partial charge in [-0.25, -0.2) is 0 Å². The molecule has 8 heteroatoms. The Morgan fingerprint density at radius 1 is 1.26 bits per heavy atom. The molecule has 1 aliphatic carbocycles. The van der Waals surface area contributed by atoms with Gasteiger partial charge in [-0.05, 0) is 39.2 Å². The standard InChI is InChI=1S/C19H36N6O2/c1-12(20)10-15(18(22)24-13(2)26)19(23)25-9-8-16(21)17(11-25)27-14-6-4-3-5-7-14/h10,13-14,16-17,26H,3-9,11,20-21,23H2,1-2H3,(H2,22,24)/b12-10-,19-15-. The molecule has 9 N–H and O–H groups in total. The SMILES string of the molecule is C/C(N)=C/C(C(=N)NC(C)O)=C(\N)N1CCC(N)C(OC2CCCCC2)C1. The third-order valence-corrected chi connectivity index (χ3v) is 5.14. The Kier molecular flexibility index (Phi) is 7.94. The number of aliphatic hydroxyl groups is 1. The number of amidine groups is 1. The van der Waals surface area contributed by atoms with Gasteiger partial charge in [-0.15, -0.1) is 0 Å². The first-order valence-corrected chi connectivity index (χ1v) is 9.91. The first kappa shape index (κ1) is 21.5. The predicted octanol–water partition coefficient (Wildman–Crippen LogP) is 0.675. The molecule has 0 radical (unpaired) electrons. The van der Waals surface area contributed by atoms with Gasteiger partial charge in [-0.1, -0.05) is 19.3 Å². The van der Waals surface area contributed by atoms with Crippen LogP contribution in [0.4, 0.5) is 0 Å². The molecule has 2 rings (SSSR count). The van der Waals surface area contributed by atoms with Crippen LogP contribution in [0.5, 0.6) is 0 Å². The van der Waals surface area contributed by atoms with Crippen LogP contribution in [0.2, 0.25) is 0 Å². The van der Waals surface area contributed by atoms with Crippen molar-refractivity contribution in [3.63, 3.8) is 0 Å². The summed E-state index contributed by atoms with van der Waals surface area (Å²) in [5.74, 6) is 0.481. The highest BCUT2D eigenvalue weighted by Crippen LogP contribution is 2.25. The van der Waals surface area contributed by atoms with Crippen LogP contribution in [0, 0.1) is 5.41 Å². The van der Waals surface area contributed by atoms with E-state index >= 15 is 0 Å². The second-order valence-corrected chi connectivity index (χ2v) is 7.72. The molecule has 8 nitrogen and oxygen atoms in total. The van der Waals surface area contributed by atoms with Crippen molar-refractivity contribution in [3.8, 4) is 0 Å². The van der Waals surface area contributed by atoms with Gasteiger partial charge in [0.15, 0.2) is 0 Å². The summed E-state index contributed by atoms with van der Waals surface area (Å²) < 4.78 is 6.32. The van der Waals surface area contributed by atoms with Gasteiger partial charge in [0.05, 0.1) is 17.8 Å². The highest BCUT2D eigenvalue weighted by molar-refractivity contribution is 5.99. The second-order valence-electron chi connectivity index (χ2n) is 7.72. The summed E-state index contributed by atoms with van der Waals surface area (Å²) in [4.78, 5) is 2.00. The number of allylic oxidation sites excluding steroid dienone is 1. The van der Waals surface area contributed by atoms with E-state index in [2.05, 4.69) is 5.32 Å². The predicted molar refractivity (Wildman–Crippen MR) is 108 cm³/mol. The summed E-state index contributed by atoms with van der Waals surface area (Å²) in [7, 11) is 0. The molecule has 0 aromatic heterocycles. The Bertz CT molecular complexity index is 565. The summed E-state index contributed by atoms with van der Waals surface area (Å²) in [5, 5.41) is 20.4. The zero-order chi connectivity index (χ0) is 20.0. The van der Waals surface area contributed by atoms with Crippen LogP contribution in [0.3, 0.4) is 0 Å². The van der Waals surface area contributed by atoms with Gasteiger partial charge >= 0.3 is 0 Å². The molecule has 3 unspecified atom stereocenters. The maximum Gasteiger partial charge on any atom is 0.131 e. The molecule has 1 saturated carbocycles. The molecule has 0 spiro atoms. The molecule has 0 aromatic carbocycles. The number of piperidine rings is 1. The van der Waals surface area contributed by atoms with Gasteiger partial charge in [0.25, 0.3) is 0 Å². The molecular weight excluding hydrogens is 344 g/mol. The van der Waals surface area contributed by atoms with Crippen LogP contribution in [0.15, 0.2) is 23.2 Å².